The van der Waals surface area contributed by atoms with E-state index in [1.807, 2.05) is 37.3 Å². The minimum atomic E-state index is -0.121. The second kappa shape index (κ2) is 8.17. The molecule has 0 bridgehead atoms. The summed E-state index contributed by atoms with van der Waals surface area (Å²) in [5.74, 6) is -0.121. The number of rotatable bonds is 7. The molecule has 1 aromatic carbocycles. The predicted molar refractivity (Wildman–Crippen MR) is 90.6 cm³/mol. The highest BCUT2D eigenvalue weighted by atomic mass is 16.1. The topological polar surface area (TPSA) is 54.0 Å². The molecule has 1 aromatic heterocycles. The zero-order chi connectivity index (χ0) is 15.8. The van der Waals surface area contributed by atoms with Crippen molar-refractivity contribution in [2.45, 2.75) is 33.1 Å². The lowest BCUT2D eigenvalue weighted by molar-refractivity contribution is 0.0948. The Balaban J connectivity index is 2.00. The van der Waals surface area contributed by atoms with Crippen LogP contribution in [0.4, 0.5) is 11.4 Å². The maximum Gasteiger partial charge on any atom is 0.269 e. The number of aromatic nitrogens is 1. The number of anilines is 2. The van der Waals surface area contributed by atoms with Crippen molar-refractivity contribution in [1.82, 2.24) is 10.3 Å². The van der Waals surface area contributed by atoms with E-state index in [0.29, 0.717) is 12.2 Å². The zero-order valence-corrected chi connectivity index (χ0v) is 13.2. The number of unbranched alkanes of at least 4 members (excludes halogenated alkanes) is 2. The van der Waals surface area contributed by atoms with Crippen LogP contribution in [-0.2, 0) is 0 Å². The summed E-state index contributed by atoms with van der Waals surface area (Å²) in [5.41, 5.74) is 3.49. The van der Waals surface area contributed by atoms with Crippen LogP contribution in [0.25, 0.3) is 0 Å². The van der Waals surface area contributed by atoms with Gasteiger partial charge in [-0.1, -0.05) is 38.0 Å². The fraction of sp³-hybridized carbons (Fsp3) is 0.333. The number of para-hydroxylation sites is 1. The van der Waals surface area contributed by atoms with Gasteiger partial charge in [0.1, 0.15) is 5.69 Å². The Kier molecular flexibility index (Phi) is 5.95. The molecule has 1 heterocycles. The summed E-state index contributed by atoms with van der Waals surface area (Å²) in [4.78, 5) is 16.2. The average molecular weight is 297 g/mol. The molecule has 22 heavy (non-hydrogen) atoms. The Bertz CT molecular complexity index is 625. The van der Waals surface area contributed by atoms with E-state index in [0.717, 1.165) is 36.2 Å². The lowest BCUT2D eigenvalue weighted by Gasteiger charge is -2.10. The maximum absolute atomic E-state index is 12.1. The molecular weight excluding hydrogens is 274 g/mol. The third-order valence-corrected chi connectivity index (χ3v) is 3.48. The third kappa shape index (κ3) is 4.58. The Morgan fingerprint density at radius 3 is 2.77 bits per heavy atom. The van der Waals surface area contributed by atoms with E-state index in [2.05, 4.69) is 22.5 Å². The fourth-order valence-corrected chi connectivity index (χ4v) is 2.17. The predicted octanol–water partition coefficient (Wildman–Crippen LogP) is 4.05. The Labute approximate surface area is 132 Å². The first-order valence-electron chi connectivity index (χ1n) is 7.77. The van der Waals surface area contributed by atoms with E-state index in [1.54, 1.807) is 12.3 Å². The van der Waals surface area contributed by atoms with E-state index in [1.165, 1.54) is 0 Å². The van der Waals surface area contributed by atoms with Crippen molar-refractivity contribution in [2.75, 3.05) is 11.9 Å². The van der Waals surface area contributed by atoms with Crippen LogP contribution in [0.3, 0.4) is 0 Å². The number of carbonyl (C=O) groups is 1. The molecule has 1 amide bonds. The quantitative estimate of drug-likeness (QED) is 0.758. The molecule has 0 aliphatic carbocycles. The molecule has 2 rings (SSSR count). The van der Waals surface area contributed by atoms with Gasteiger partial charge in [0.2, 0.25) is 0 Å². The first kappa shape index (κ1) is 16.0. The highest BCUT2D eigenvalue weighted by Crippen LogP contribution is 2.20. The van der Waals surface area contributed by atoms with Crippen LogP contribution >= 0.6 is 0 Å². The number of nitrogens with zero attached hydrogens (tertiary/aromatic N) is 1. The molecule has 0 radical (unpaired) electrons. The molecule has 0 aliphatic rings. The molecule has 0 saturated heterocycles. The molecule has 4 nitrogen and oxygen atoms in total. The monoisotopic (exact) mass is 297 g/mol. The van der Waals surface area contributed by atoms with Crippen molar-refractivity contribution >= 4 is 17.3 Å². The SMILES string of the molecule is CCCCCNC(=O)c1cc(Nc2ccccc2C)ccn1. The van der Waals surface area contributed by atoms with Crippen molar-refractivity contribution in [2.24, 2.45) is 0 Å². The van der Waals surface area contributed by atoms with Crippen LogP contribution in [0.5, 0.6) is 0 Å². The summed E-state index contributed by atoms with van der Waals surface area (Å²) in [6.45, 7) is 4.89. The van der Waals surface area contributed by atoms with Crippen molar-refractivity contribution in [1.29, 1.82) is 0 Å². The minimum Gasteiger partial charge on any atom is -0.355 e. The molecule has 0 saturated carbocycles. The van der Waals surface area contributed by atoms with Crippen LogP contribution in [0.2, 0.25) is 0 Å². The largest absolute Gasteiger partial charge is 0.355 e. The maximum atomic E-state index is 12.1. The van der Waals surface area contributed by atoms with E-state index in [9.17, 15) is 4.79 Å². The lowest BCUT2D eigenvalue weighted by Crippen LogP contribution is -2.25. The molecule has 4 heteroatoms. The number of aryl methyl sites for hydroxylation is 1. The van der Waals surface area contributed by atoms with Gasteiger partial charge in [-0.05, 0) is 37.1 Å². The van der Waals surface area contributed by atoms with Gasteiger partial charge in [-0.15, -0.1) is 0 Å². The Morgan fingerprint density at radius 2 is 2.00 bits per heavy atom. The fourth-order valence-electron chi connectivity index (χ4n) is 2.17. The molecule has 0 spiro atoms. The van der Waals surface area contributed by atoms with Crippen molar-refractivity contribution in [3.05, 3.63) is 53.9 Å². The number of pyridine rings is 1. The molecule has 0 fully saturated rings. The first-order chi connectivity index (χ1) is 10.7. The van der Waals surface area contributed by atoms with Crippen LogP contribution in [0.15, 0.2) is 42.6 Å². The summed E-state index contributed by atoms with van der Waals surface area (Å²) in [5, 5.41) is 6.23. The summed E-state index contributed by atoms with van der Waals surface area (Å²) in [7, 11) is 0. The van der Waals surface area contributed by atoms with Gasteiger partial charge in [-0.25, -0.2) is 0 Å². The molecule has 116 valence electrons. The molecule has 0 unspecified atom stereocenters. The van der Waals surface area contributed by atoms with Gasteiger partial charge in [0.15, 0.2) is 0 Å². The van der Waals surface area contributed by atoms with Gasteiger partial charge in [-0.3, -0.25) is 9.78 Å². The zero-order valence-electron chi connectivity index (χ0n) is 13.2. The van der Waals surface area contributed by atoms with Crippen molar-refractivity contribution < 1.29 is 4.79 Å². The number of nitrogens with one attached hydrogen (secondary N) is 2. The van der Waals surface area contributed by atoms with E-state index < -0.39 is 0 Å². The van der Waals surface area contributed by atoms with Gasteiger partial charge in [-0.2, -0.15) is 0 Å². The highest BCUT2D eigenvalue weighted by Gasteiger charge is 2.07. The first-order valence-corrected chi connectivity index (χ1v) is 7.77. The van der Waals surface area contributed by atoms with Crippen LogP contribution < -0.4 is 10.6 Å². The summed E-state index contributed by atoms with van der Waals surface area (Å²) < 4.78 is 0. The smallest absolute Gasteiger partial charge is 0.269 e. The van der Waals surface area contributed by atoms with Crippen LogP contribution in [0.1, 0.15) is 42.2 Å². The van der Waals surface area contributed by atoms with Crippen LogP contribution in [0, 0.1) is 6.92 Å². The molecular formula is C18H23N3O. The number of hydrogen-bond acceptors (Lipinski definition) is 3. The van der Waals surface area contributed by atoms with E-state index in [4.69, 9.17) is 0 Å². The van der Waals surface area contributed by atoms with Gasteiger partial charge >= 0.3 is 0 Å². The number of carbonyl (C=O) groups excluding carboxylic acids is 1. The molecule has 2 aromatic rings. The third-order valence-electron chi connectivity index (χ3n) is 3.48. The Hall–Kier alpha value is -2.36. The standard InChI is InChI=1S/C18H23N3O/c1-3-4-7-11-20-18(22)17-13-15(10-12-19-17)21-16-9-6-5-8-14(16)2/h5-6,8-10,12-13H,3-4,7,11H2,1-2H3,(H,19,21)(H,20,22). The molecule has 2 N–H and O–H groups in total. The summed E-state index contributed by atoms with van der Waals surface area (Å²) >= 11 is 0. The minimum absolute atomic E-state index is 0.121. The lowest BCUT2D eigenvalue weighted by atomic mass is 10.2. The molecule has 0 aliphatic heterocycles. The number of amides is 1. The van der Waals surface area contributed by atoms with Gasteiger partial charge < -0.3 is 10.6 Å². The van der Waals surface area contributed by atoms with Gasteiger partial charge in [0, 0.05) is 24.1 Å². The average Bonchev–Trinajstić information content (AvgIpc) is 2.54. The second-order valence-corrected chi connectivity index (χ2v) is 5.33. The summed E-state index contributed by atoms with van der Waals surface area (Å²) in [6, 6.07) is 11.7. The van der Waals surface area contributed by atoms with Crippen LogP contribution in [-0.4, -0.2) is 17.4 Å². The summed E-state index contributed by atoms with van der Waals surface area (Å²) in [6.07, 6.45) is 4.93. The van der Waals surface area contributed by atoms with E-state index >= 15 is 0 Å². The Morgan fingerprint density at radius 1 is 1.18 bits per heavy atom. The van der Waals surface area contributed by atoms with Gasteiger partial charge in [0.25, 0.3) is 5.91 Å². The van der Waals surface area contributed by atoms with E-state index in [-0.39, 0.29) is 5.91 Å². The number of hydrogen-bond donors (Lipinski definition) is 2. The second-order valence-electron chi connectivity index (χ2n) is 5.33. The highest BCUT2D eigenvalue weighted by molar-refractivity contribution is 5.93. The van der Waals surface area contributed by atoms with Crippen molar-refractivity contribution in [3.8, 4) is 0 Å². The number of benzene rings is 1. The normalized spacial score (nSPS) is 10.3. The molecule has 0 atom stereocenters. The van der Waals surface area contributed by atoms with Crippen molar-refractivity contribution in [3.63, 3.8) is 0 Å². The van der Waals surface area contributed by atoms with Gasteiger partial charge in [0.05, 0.1) is 0 Å².